The van der Waals surface area contributed by atoms with E-state index < -0.39 is 23.4 Å². The van der Waals surface area contributed by atoms with Gasteiger partial charge in [-0.15, -0.1) is 0 Å². The molecule has 1 fully saturated rings. The first-order valence-electron chi connectivity index (χ1n) is 6.28. The molecule has 0 saturated heterocycles. The van der Waals surface area contributed by atoms with Gasteiger partial charge >= 0.3 is 5.69 Å². The van der Waals surface area contributed by atoms with Gasteiger partial charge in [0.05, 0.1) is 12.1 Å². The number of aromatic nitrogens is 2. The molecule has 0 aliphatic heterocycles. The van der Waals surface area contributed by atoms with Crippen molar-refractivity contribution >= 4 is 0 Å². The second-order valence-corrected chi connectivity index (χ2v) is 5.01. The normalized spacial score (nSPS) is 31.3. The third kappa shape index (κ3) is 2.78. The molecule has 19 heavy (non-hydrogen) atoms. The fourth-order valence-electron chi connectivity index (χ4n) is 2.75. The topological polar surface area (TPSA) is 116 Å². The van der Waals surface area contributed by atoms with E-state index >= 15 is 0 Å². The van der Waals surface area contributed by atoms with Gasteiger partial charge < -0.3 is 15.3 Å². The summed E-state index contributed by atoms with van der Waals surface area (Å²) in [6, 6.07) is 0.726. The van der Waals surface area contributed by atoms with E-state index in [1.165, 1.54) is 16.8 Å². The zero-order chi connectivity index (χ0) is 14.0. The molecule has 1 aliphatic rings. The van der Waals surface area contributed by atoms with Crippen LogP contribution in [0.4, 0.5) is 0 Å². The fraction of sp³-hybridized carbons (Fsp3) is 0.667. The van der Waals surface area contributed by atoms with Crippen LogP contribution in [0.3, 0.4) is 0 Å². The van der Waals surface area contributed by atoms with Gasteiger partial charge in [0.15, 0.2) is 0 Å². The van der Waals surface area contributed by atoms with Crippen LogP contribution in [0.1, 0.15) is 18.9 Å². The third-order valence-electron chi connectivity index (χ3n) is 3.88. The summed E-state index contributed by atoms with van der Waals surface area (Å²) in [5, 5.41) is 28.6. The molecule has 0 amide bonds. The van der Waals surface area contributed by atoms with Crippen molar-refractivity contribution in [3.8, 4) is 0 Å². The van der Waals surface area contributed by atoms with Gasteiger partial charge in [-0.1, -0.05) is 0 Å². The number of nitrogens with zero attached hydrogens (tertiary/aromatic N) is 1. The number of hydrogen-bond acceptors (Lipinski definition) is 5. The van der Waals surface area contributed by atoms with Crippen LogP contribution in [-0.4, -0.2) is 44.2 Å². The lowest BCUT2D eigenvalue weighted by molar-refractivity contribution is -0.0162. The lowest BCUT2D eigenvalue weighted by Crippen LogP contribution is -2.43. The number of rotatable bonds is 3. The van der Waals surface area contributed by atoms with Crippen molar-refractivity contribution < 1.29 is 15.3 Å². The first-order chi connectivity index (χ1) is 9.06. The van der Waals surface area contributed by atoms with Crippen molar-refractivity contribution in [1.82, 2.24) is 9.55 Å². The second kappa shape index (κ2) is 5.68. The fourth-order valence-corrected chi connectivity index (χ4v) is 2.75. The predicted octanol–water partition coefficient (Wildman–Crippen LogP) is -1.55. The maximum Gasteiger partial charge on any atom is 0.328 e. The van der Waals surface area contributed by atoms with Crippen molar-refractivity contribution in [3.63, 3.8) is 0 Å². The summed E-state index contributed by atoms with van der Waals surface area (Å²) < 4.78 is 1.28. The van der Waals surface area contributed by atoms with Crippen molar-refractivity contribution in [3.05, 3.63) is 33.1 Å². The number of hydrogen-bond donors (Lipinski definition) is 4. The molecule has 4 N–H and O–H groups in total. The average molecular weight is 270 g/mol. The maximum absolute atomic E-state index is 11.7. The van der Waals surface area contributed by atoms with E-state index in [9.17, 15) is 24.9 Å². The molecule has 4 atom stereocenters. The van der Waals surface area contributed by atoms with E-state index in [1.54, 1.807) is 0 Å². The van der Waals surface area contributed by atoms with E-state index in [1.807, 2.05) is 0 Å². The minimum atomic E-state index is -0.788. The minimum absolute atomic E-state index is 0.102. The quantitative estimate of drug-likeness (QED) is 0.530. The van der Waals surface area contributed by atoms with Gasteiger partial charge in [-0.2, -0.15) is 0 Å². The van der Waals surface area contributed by atoms with Crippen LogP contribution in [0, 0.1) is 11.8 Å². The molecule has 1 heterocycles. The highest BCUT2D eigenvalue weighted by atomic mass is 16.3. The summed E-state index contributed by atoms with van der Waals surface area (Å²) in [7, 11) is 0. The Morgan fingerprint density at radius 2 is 1.84 bits per heavy atom. The van der Waals surface area contributed by atoms with E-state index in [0.29, 0.717) is 12.8 Å². The zero-order valence-electron chi connectivity index (χ0n) is 10.4. The molecular weight excluding hydrogens is 252 g/mol. The Kier molecular flexibility index (Phi) is 4.18. The molecular formula is C12H18N2O5. The van der Waals surface area contributed by atoms with Crippen molar-refractivity contribution in [2.24, 2.45) is 11.8 Å². The van der Waals surface area contributed by atoms with Gasteiger partial charge in [0.2, 0.25) is 0 Å². The standard InChI is InChI=1S/C12H18N2O5/c15-5-7-3-9(10(17)4-8(7)6-16)14-2-1-11(18)13-12(14)19/h1-2,7-10,15-17H,3-6H2,(H,13,18,19). The van der Waals surface area contributed by atoms with Crippen LogP contribution < -0.4 is 11.2 Å². The molecule has 1 aromatic rings. The van der Waals surface area contributed by atoms with Gasteiger partial charge in [0.1, 0.15) is 0 Å². The van der Waals surface area contributed by atoms with E-state index in [2.05, 4.69) is 4.98 Å². The summed E-state index contributed by atoms with van der Waals surface area (Å²) in [5.41, 5.74) is -1.06. The smallest absolute Gasteiger partial charge is 0.328 e. The summed E-state index contributed by atoms with van der Waals surface area (Å²) in [5.74, 6) is -0.341. The summed E-state index contributed by atoms with van der Waals surface area (Å²) in [6.45, 7) is -0.206. The lowest BCUT2D eigenvalue weighted by atomic mass is 9.76. The molecule has 7 heteroatoms. The second-order valence-electron chi connectivity index (χ2n) is 5.01. The summed E-state index contributed by atoms with van der Waals surface area (Å²) in [6.07, 6.45) is 1.26. The number of aliphatic hydroxyl groups is 3. The molecule has 0 bridgehead atoms. The zero-order valence-corrected chi connectivity index (χ0v) is 10.4. The SMILES string of the molecule is O=c1ccn(C2CC(CO)C(CO)CC2O)c(=O)[nH]1. The maximum atomic E-state index is 11.7. The highest BCUT2D eigenvalue weighted by molar-refractivity contribution is 4.93. The van der Waals surface area contributed by atoms with Crippen LogP contribution in [0.15, 0.2) is 21.9 Å². The first kappa shape index (κ1) is 14.0. The van der Waals surface area contributed by atoms with Crippen LogP contribution >= 0.6 is 0 Å². The largest absolute Gasteiger partial charge is 0.396 e. The van der Waals surface area contributed by atoms with Crippen LogP contribution in [-0.2, 0) is 0 Å². The highest BCUT2D eigenvalue weighted by Crippen LogP contribution is 2.35. The molecule has 0 aromatic carbocycles. The Balaban J connectivity index is 2.29. The molecule has 0 spiro atoms. The number of aliphatic hydroxyl groups excluding tert-OH is 3. The Bertz CT molecular complexity index is 537. The van der Waals surface area contributed by atoms with Gasteiger partial charge in [-0.25, -0.2) is 4.79 Å². The molecule has 1 aromatic heterocycles. The van der Waals surface area contributed by atoms with Gasteiger partial charge in [0, 0.05) is 25.5 Å². The third-order valence-corrected chi connectivity index (χ3v) is 3.88. The number of nitrogens with one attached hydrogen (secondary N) is 1. The number of H-pyrrole nitrogens is 1. The van der Waals surface area contributed by atoms with Gasteiger partial charge in [-0.3, -0.25) is 14.3 Å². The first-order valence-corrected chi connectivity index (χ1v) is 6.28. The van der Waals surface area contributed by atoms with Crippen molar-refractivity contribution in [1.29, 1.82) is 0 Å². The molecule has 0 radical (unpaired) electrons. The molecule has 4 unspecified atom stereocenters. The molecule has 1 saturated carbocycles. The predicted molar refractivity (Wildman–Crippen MR) is 66.8 cm³/mol. The van der Waals surface area contributed by atoms with Gasteiger partial charge in [-0.05, 0) is 24.7 Å². The average Bonchev–Trinajstić information content (AvgIpc) is 2.39. The Labute approximate surface area is 109 Å². The van der Waals surface area contributed by atoms with Gasteiger partial charge in [0.25, 0.3) is 5.56 Å². The minimum Gasteiger partial charge on any atom is -0.396 e. The van der Waals surface area contributed by atoms with E-state index in [0.717, 1.165) is 0 Å². The Morgan fingerprint density at radius 3 is 2.42 bits per heavy atom. The van der Waals surface area contributed by atoms with Crippen molar-refractivity contribution in [2.75, 3.05) is 13.2 Å². The molecule has 106 valence electrons. The monoisotopic (exact) mass is 270 g/mol. The summed E-state index contributed by atoms with van der Waals surface area (Å²) >= 11 is 0. The molecule has 7 nitrogen and oxygen atoms in total. The molecule has 2 rings (SSSR count). The Morgan fingerprint density at radius 1 is 1.21 bits per heavy atom. The van der Waals surface area contributed by atoms with Crippen molar-refractivity contribution in [2.45, 2.75) is 25.0 Å². The van der Waals surface area contributed by atoms with Crippen LogP contribution in [0.2, 0.25) is 0 Å². The van der Waals surface area contributed by atoms with Crippen LogP contribution in [0.5, 0.6) is 0 Å². The lowest BCUT2D eigenvalue weighted by Gasteiger charge is -2.38. The number of aromatic amines is 1. The highest BCUT2D eigenvalue weighted by Gasteiger charge is 2.36. The van der Waals surface area contributed by atoms with E-state index in [-0.39, 0.29) is 25.0 Å². The summed E-state index contributed by atoms with van der Waals surface area (Å²) in [4.78, 5) is 24.9. The molecule has 1 aliphatic carbocycles. The Hall–Kier alpha value is -1.44. The van der Waals surface area contributed by atoms with E-state index in [4.69, 9.17) is 0 Å². The van der Waals surface area contributed by atoms with Crippen LogP contribution in [0.25, 0.3) is 0 Å².